The number of carbonyl (C=O) groups excluding carboxylic acids is 1. The highest BCUT2D eigenvalue weighted by molar-refractivity contribution is 5.88. The zero-order valence-electron chi connectivity index (χ0n) is 15.7. The Kier molecular flexibility index (Phi) is 6.04. The van der Waals surface area contributed by atoms with E-state index in [1.807, 2.05) is 13.0 Å². The van der Waals surface area contributed by atoms with Gasteiger partial charge in [-0.1, -0.05) is 32.3 Å². The molecule has 0 aromatic carbocycles. The van der Waals surface area contributed by atoms with Gasteiger partial charge < -0.3 is 9.47 Å². The predicted molar refractivity (Wildman–Crippen MR) is 99.9 cm³/mol. The van der Waals surface area contributed by atoms with Crippen molar-refractivity contribution in [3.63, 3.8) is 0 Å². The molecular weight excluding hydrogens is 330 g/mol. The molecule has 0 atom stereocenters. The van der Waals surface area contributed by atoms with E-state index in [2.05, 4.69) is 16.7 Å². The Labute approximate surface area is 154 Å². The SMILES string of the molecule is C=C(C)c1cc(COC2CCCCCC2)nc2cc(C(=O)OCC)nn12. The summed E-state index contributed by atoms with van der Waals surface area (Å²) >= 11 is 0. The van der Waals surface area contributed by atoms with E-state index in [1.165, 1.54) is 25.7 Å². The summed E-state index contributed by atoms with van der Waals surface area (Å²) in [4.78, 5) is 16.6. The van der Waals surface area contributed by atoms with Crippen molar-refractivity contribution in [2.75, 3.05) is 6.61 Å². The van der Waals surface area contributed by atoms with Gasteiger partial charge in [-0.15, -0.1) is 0 Å². The summed E-state index contributed by atoms with van der Waals surface area (Å²) in [7, 11) is 0. The summed E-state index contributed by atoms with van der Waals surface area (Å²) in [5, 5.41) is 4.33. The molecular formula is C20H27N3O3. The number of hydrogen-bond acceptors (Lipinski definition) is 5. The lowest BCUT2D eigenvalue weighted by atomic mass is 10.1. The molecule has 2 aromatic rings. The van der Waals surface area contributed by atoms with Crippen LogP contribution < -0.4 is 0 Å². The minimum Gasteiger partial charge on any atom is -0.461 e. The van der Waals surface area contributed by atoms with Gasteiger partial charge in [-0.3, -0.25) is 0 Å². The molecule has 0 aliphatic heterocycles. The Morgan fingerprint density at radius 3 is 2.65 bits per heavy atom. The van der Waals surface area contributed by atoms with E-state index in [0.29, 0.717) is 25.0 Å². The van der Waals surface area contributed by atoms with Gasteiger partial charge >= 0.3 is 5.97 Å². The number of ether oxygens (including phenoxy) is 2. The molecule has 0 N–H and O–H groups in total. The molecule has 0 unspecified atom stereocenters. The fourth-order valence-electron chi connectivity index (χ4n) is 3.32. The molecule has 0 saturated heterocycles. The summed E-state index contributed by atoms with van der Waals surface area (Å²) in [5.74, 6) is -0.443. The predicted octanol–water partition coefficient (Wildman–Crippen LogP) is 4.18. The number of nitrogens with zero attached hydrogens (tertiary/aromatic N) is 3. The fourth-order valence-corrected chi connectivity index (χ4v) is 3.32. The van der Waals surface area contributed by atoms with E-state index >= 15 is 0 Å². The van der Waals surface area contributed by atoms with Crippen LogP contribution in [0.25, 0.3) is 11.2 Å². The zero-order chi connectivity index (χ0) is 18.5. The van der Waals surface area contributed by atoms with E-state index in [9.17, 15) is 4.79 Å². The Hall–Kier alpha value is -2.21. The zero-order valence-corrected chi connectivity index (χ0v) is 15.7. The number of allylic oxidation sites excluding steroid dienone is 1. The van der Waals surface area contributed by atoms with Gasteiger partial charge in [0.15, 0.2) is 11.3 Å². The van der Waals surface area contributed by atoms with Gasteiger partial charge in [0.2, 0.25) is 0 Å². The number of rotatable bonds is 6. The molecule has 26 heavy (non-hydrogen) atoms. The number of aromatic nitrogens is 3. The molecule has 0 spiro atoms. The molecule has 6 heteroatoms. The Bertz CT molecular complexity index is 789. The molecule has 3 rings (SSSR count). The van der Waals surface area contributed by atoms with E-state index in [-0.39, 0.29) is 5.69 Å². The van der Waals surface area contributed by atoms with Crippen LogP contribution in [0, 0.1) is 0 Å². The van der Waals surface area contributed by atoms with Crippen molar-refractivity contribution in [1.29, 1.82) is 0 Å². The largest absolute Gasteiger partial charge is 0.461 e. The van der Waals surface area contributed by atoms with Crippen molar-refractivity contribution in [2.24, 2.45) is 0 Å². The maximum atomic E-state index is 12.0. The molecule has 6 nitrogen and oxygen atoms in total. The number of hydrogen-bond donors (Lipinski definition) is 0. The number of esters is 1. The summed E-state index contributed by atoms with van der Waals surface area (Å²) in [6, 6.07) is 3.59. The third kappa shape index (κ3) is 4.30. The molecule has 140 valence electrons. The van der Waals surface area contributed by atoms with E-state index in [4.69, 9.17) is 9.47 Å². The topological polar surface area (TPSA) is 65.7 Å². The average molecular weight is 357 g/mol. The molecule has 2 aromatic heterocycles. The second kappa shape index (κ2) is 8.45. The monoisotopic (exact) mass is 357 g/mol. The van der Waals surface area contributed by atoms with Gasteiger partial charge in [-0.2, -0.15) is 5.10 Å². The lowest BCUT2D eigenvalue weighted by Gasteiger charge is -2.15. The smallest absolute Gasteiger partial charge is 0.358 e. The quantitative estimate of drug-likeness (QED) is 0.573. The van der Waals surface area contributed by atoms with Crippen LogP contribution in [0.2, 0.25) is 0 Å². The van der Waals surface area contributed by atoms with Gasteiger partial charge in [-0.05, 0) is 38.3 Å². The molecule has 2 heterocycles. The molecule has 1 aliphatic carbocycles. The lowest BCUT2D eigenvalue weighted by Crippen LogP contribution is -2.13. The third-order valence-electron chi connectivity index (χ3n) is 4.67. The van der Waals surface area contributed by atoms with Crippen molar-refractivity contribution >= 4 is 17.2 Å². The first kappa shape index (κ1) is 18.6. The average Bonchev–Trinajstić information content (AvgIpc) is 2.87. The van der Waals surface area contributed by atoms with Gasteiger partial charge in [-0.25, -0.2) is 14.3 Å². The number of carbonyl (C=O) groups is 1. The summed E-state index contributed by atoms with van der Waals surface area (Å²) in [6.07, 6.45) is 7.63. The van der Waals surface area contributed by atoms with Crippen molar-refractivity contribution in [1.82, 2.24) is 14.6 Å². The van der Waals surface area contributed by atoms with E-state index in [1.54, 1.807) is 17.5 Å². The van der Waals surface area contributed by atoms with Crippen LogP contribution in [-0.2, 0) is 16.1 Å². The highest BCUT2D eigenvalue weighted by Crippen LogP contribution is 2.22. The number of fused-ring (bicyclic) bond motifs is 1. The highest BCUT2D eigenvalue weighted by Gasteiger charge is 2.17. The van der Waals surface area contributed by atoms with Crippen molar-refractivity contribution in [3.05, 3.63) is 35.8 Å². The van der Waals surface area contributed by atoms with Crippen LogP contribution in [0.4, 0.5) is 0 Å². The summed E-state index contributed by atoms with van der Waals surface area (Å²) < 4.78 is 12.8. The minimum absolute atomic E-state index is 0.253. The van der Waals surface area contributed by atoms with Crippen molar-refractivity contribution in [2.45, 2.75) is 65.1 Å². The van der Waals surface area contributed by atoms with Gasteiger partial charge in [0, 0.05) is 6.07 Å². The second-order valence-electron chi connectivity index (χ2n) is 6.86. The summed E-state index contributed by atoms with van der Waals surface area (Å²) in [5.41, 5.74) is 3.36. The normalized spacial score (nSPS) is 15.8. The van der Waals surface area contributed by atoms with Gasteiger partial charge in [0.05, 0.1) is 30.7 Å². The van der Waals surface area contributed by atoms with Crippen LogP contribution in [0.15, 0.2) is 18.7 Å². The molecule has 1 aliphatic rings. The first-order chi connectivity index (χ1) is 12.6. The summed E-state index contributed by atoms with van der Waals surface area (Å²) in [6.45, 7) is 8.48. The Morgan fingerprint density at radius 1 is 1.27 bits per heavy atom. The Morgan fingerprint density at radius 2 is 2.00 bits per heavy atom. The van der Waals surface area contributed by atoms with Crippen LogP contribution in [-0.4, -0.2) is 33.3 Å². The molecule has 0 bridgehead atoms. The van der Waals surface area contributed by atoms with E-state index < -0.39 is 5.97 Å². The maximum absolute atomic E-state index is 12.0. The molecule has 1 fully saturated rings. The molecule has 0 radical (unpaired) electrons. The van der Waals surface area contributed by atoms with Crippen LogP contribution in [0.5, 0.6) is 0 Å². The van der Waals surface area contributed by atoms with Crippen LogP contribution in [0.1, 0.15) is 74.2 Å². The van der Waals surface area contributed by atoms with Crippen LogP contribution >= 0.6 is 0 Å². The van der Waals surface area contributed by atoms with Crippen molar-refractivity contribution < 1.29 is 14.3 Å². The van der Waals surface area contributed by atoms with E-state index in [0.717, 1.165) is 29.8 Å². The minimum atomic E-state index is -0.443. The first-order valence-corrected chi connectivity index (χ1v) is 9.42. The van der Waals surface area contributed by atoms with Gasteiger partial charge in [0.25, 0.3) is 0 Å². The van der Waals surface area contributed by atoms with Crippen LogP contribution in [0.3, 0.4) is 0 Å². The van der Waals surface area contributed by atoms with Gasteiger partial charge in [0.1, 0.15) is 0 Å². The van der Waals surface area contributed by atoms with Crippen molar-refractivity contribution in [3.8, 4) is 0 Å². The molecule has 1 saturated carbocycles. The standard InChI is InChI=1S/C20H27N3O3/c1-4-25-20(24)17-12-19-21-15(11-18(14(2)3)23(19)22-17)13-26-16-9-7-5-6-8-10-16/h11-12,16H,2,4-10,13H2,1,3H3. The first-order valence-electron chi connectivity index (χ1n) is 9.42. The maximum Gasteiger partial charge on any atom is 0.358 e. The second-order valence-corrected chi connectivity index (χ2v) is 6.86. The fraction of sp³-hybridized carbons (Fsp3) is 0.550. The third-order valence-corrected chi connectivity index (χ3v) is 4.67. The Balaban J connectivity index is 1.83. The molecule has 0 amide bonds. The lowest BCUT2D eigenvalue weighted by molar-refractivity contribution is 0.0292. The highest BCUT2D eigenvalue weighted by atomic mass is 16.5.